The highest BCUT2D eigenvalue weighted by Crippen LogP contribution is 2.39. The molecule has 0 bridgehead atoms. The summed E-state index contributed by atoms with van der Waals surface area (Å²) in [5.74, 6) is -8.71. The van der Waals surface area contributed by atoms with Crippen LogP contribution in [0.3, 0.4) is 0 Å². The van der Waals surface area contributed by atoms with Gasteiger partial charge < -0.3 is 80.5 Å². The third-order valence-corrected chi connectivity index (χ3v) is 16.3. The number of aromatic nitrogens is 1. The lowest BCUT2D eigenvalue weighted by molar-refractivity contribution is -0.137. The molecular formula is C52H71N13O11S2. The van der Waals surface area contributed by atoms with Gasteiger partial charge in [-0.1, -0.05) is 89.2 Å². The molecule has 0 saturated carbocycles. The zero-order valence-corrected chi connectivity index (χ0v) is 45.5. The van der Waals surface area contributed by atoms with Crippen LogP contribution in [-0.2, 0) is 51.2 Å². The number of aliphatic hydroxyl groups is 2. The number of phenols is 1. The summed E-state index contributed by atoms with van der Waals surface area (Å²) in [6.45, 7) is 7.19. The number of phenolic OH excluding ortho intramolecular Hbond substituents is 1. The zero-order valence-electron chi connectivity index (χ0n) is 43.9. The number of rotatable bonds is 17. The number of fused-ring (bicyclic) bond motifs is 1. The van der Waals surface area contributed by atoms with Crippen molar-refractivity contribution in [2.75, 3.05) is 12.3 Å². The molecule has 3 aromatic carbocycles. The second-order valence-corrected chi connectivity index (χ2v) is 22.6. The van der Waals surface area contributed by atoms with Gasteiger partial charge in [0.05, 0.1) is 18.2 Å². The Kier molecular flexibility index (Phi) is 22.3. The fraction of sp³-hybridized carbons (Fsp3) is 0.442. The predicted molar refractivity (Wildman–Crippen MR) is 297 cm³/mol. The lowest BCUT2D eigenvalue weighted by Gasteiger charge is -2.36. The summed E-state index contributed by atoms with van der Waals surface area (Å²) in [5, 5.41) is 50.8. The maximum absolute atomic E-state index is 14.9. The van der Waals surface area contributed by atoms with E-state index in [1.54, 1.807) is 61.7 Å². The number of primary amides is 1. The summed E-state index contributed by atoms with van der Waals surface area (Å²) in [6, 6.07) is 9.79. The first-order valence-electron chi connectivity index (χ1n) is 25.1. The Balaban J connectivity index is 1.65. The van der Waals surface area contributed by atoms with Crippen molar-refractivity contribution in [3.63, 3.8) is 0 Å². The second-order valence-electron chi connectivity index (χ2n) is 19.6. The lowest BCUT2D eigenvalue weighted by Crippen LogP contribution is -2.65. The number of nitrogens with zero attached hydrogens (tertiary/aromatic N) is 1. The molecule has 11 atom stereocenters. The van der Waals surface area contributed by atoms with Crippen LogP contribution in [0, 0.1) is 0 Å². The Labute approximate surface area is 459 Å². The average Bonchev–Trinajstić information content (AvgIpc) is 3.82. The molecule has 1 aliphatic rings. The maximum atomic E-state index is 14.9. The van der Waals surface area contributed by atoms with Crippen LogP contribution in [0.15, 0.2) is 90.1 Å². The number of nitrogens with one attached hydrogen (secondary N) is 8. The van der Waals surface area contributed by atoms with Crippen molar-refractivity contribution < 1.29 is 53.7 Å². The van der Waals surface area contributed by atoms with Crippen molar-refractivity contribution in [3.8, 4) is 5.75 Å². The topological polar surface area (TPSA) is 414 Å². The van der Waals surface area contributed by atoms with Gasteiger partial charge in [0, 0.05) is 52.9 Å². The van der Waals surface area contributed by atoms with E-state index in [0.717, 1.165) is 27.2 Å². The standard InChI is InChI=1S/C52H71N13O11S2/c1-26(30-12-7-6-8-13-30)39(53)48(74)62-38-25-77-78-52(4,5)42(50(76)63-40(27(2)66)43(54)69)65-49(75)41(28(3)67)64-44(70)35(16-11-21-57-51(55)56)59-46(72)37(23-31-24-58-34-15-10-9-14-33(31)34)61-45(71)36(60-47(38)73)22-29-17-19-32(68)20-18-29/h6-10,12-15,17-20,24,26-28,35-42,58,66-68H,11,16,21-23,25,53H2,1-5H3,(H2,54,69)(H,59,72)(H,60,73)(H,61,71)(H,62,74)(H,63,76)(H,64,70)(H,65,75)(H4,55,56,57)/t26-,27-,28-,35+,36+,37-,38+,39+,40+,41-,42-/m1/s1. The number of nitrogens with two attached hydrogens (primary N) is 4. The molecule has 26 heteroatoms. The monoisotopic (exact) mass is 1120 g/mol. The number of guanidine groups is 1. The summed E-state index contributed by atoms with van der Waals surface area (Å²) in [4.78, 5) is 121. The third kappa shape index (κ3) is 17.3. The van der Waals surface area contributed by atoms with Crippen LogP contribution in [-0.4, -0.2) is 151 Å². The second kappa shape index (κ2) is 28.3. The van der Waals surface area contributed by atoms with Crippen LogP contribution in [0.2, 0.25) is 0 Å². The highest BCUT2D eigenvalue weighted by Gasteiger charge is 2.43. The van der Waals surface area contributed by atoms with Gasteiger partial charge in [0.1, 0.15) is 48.0 Å². The molecule has 0 spiro atoms. The molecule has 24 nitrogen and oxygen atoms in total. The number of aromatic amines is 1. The van der Waals surface area contributed by atoms with E-state index in [1.807, 2.05) is 6.07 Å². The lowest BCUT2D eigenvalue weighted by atomic mass is 9.93. The summed E-state index contributed by atoms with van der Waals surface area (Å²) >= 11 is 0. The summed E-state index contributed by atoms with van der Waals surface area (Å²) in [5.41, 5.74) is 25.7. The molecule has 4 aromatic rings. The minimum atomic E-state index is -1.80. The predicted octanol–water partition coefficient (Wildman–Crippen LogP) is -1.34. The van der Waals surface area contributed by atoms with Crippen molar-refractivity contribution in [1.82, 2.24) is 42.2 Å². The number of H-pyrrole nitrogens is 1. The van der Waals surface area contributed by atoms with Crippen molar-refractivity contribution in [1.29, 1.82) is 0 Å². The number of hydrogen-bond donors (Lipinski definition) is 15. The van der Waals surface area contributed by atoms with Crippen molar-refractivity contribution in [3.05, 3.63) is 102 Å². The molecule has 1 aromatic heterocycles. The molecule has 0 unspecified atom stereocenters. The van der Waals surface area contributed by atoms with Crippen LogP contribution < -0.4 is 60.2 Å². The Morgan fingerprint density at radius 2 is 1.37 bits per heavy atom. The molecule has 0 radical (unpaired) electrons. The number of carbonyl (C=O) groups is 8. The highest BCUT2D eigenvalue weighted by molar-refractivity contribution is 8.77. The van der Waals surface area contributed by atoms with Gasteiger partial charge in [-0.3, -0.25) is 43.3 Å². The summed E-state index contributed by atoms with van der Waals surface area (Å²) in [6.07, 6.45) is -1.93. The molecular weight excluding hydrogens is 1050 g/mol. The van der Waals surface area contributed by atoms with Crippen LogP contribution in [0.5, 0.6) is 5.75 Å². The van der Waals surface area contributed by atoms with E-state index in [0.29, 0.717) is 22.0 Å². The van der Waals surface area contributed by atoms with Crippen LogP contribution in [0.4, 0.5) is 0 Å². The molecule has 78 heavy (non-hydrogen) atoms. The largest absolute Gasteiger partial charge is 0.508 e. The smallest absolute Gasteiger partial charge is 0.245 e. The van der Waals surface area contributed by atoms with E-state index in [2.05, 4.69) is 47.2 Å². The minimum absolute atomic E-state index is 0.00378. The number of carbonyl (C=O) groups excluding carboxylic acids is 8. The van der Waals surface area contributed by atoms with Crippen LogP contribution in [0.25, 0.3) is 10.9 Å². The Hall–Kier alpha value is -7.39. The zero-order chi connectivity index (χ0) is 57.4. The highest BCUT2D eigenvalue weighted by atomic mass is 33.1. The molecule has 19 N–H and O–H groups in total. The van der Waals surface area contributed by atoms with E-state index in [1.165, 1.54) is 52.0 Å². The summed E-state index contributed by atoms with van der Waals surface area (Å²) < 4.78 is -1.45. The number of benzene rings is 3. The van der Waals surface area contributed by atoms with Gasteiger partial charge in [0.2, 0.25) is 47.3 Å². The number of para-hydroxylation sites is 1. The van der Waals surface area contributed by atoms with E-state index in [-0.39, 0.29) is 49.7 Å². The molecule has 8 amide bonds. The molecule has 1 saturated heterocycles. The Morgan fingerprint density at radius 3 is 2.00 bits per heavy atom. The average molecular weight is 1120 g/mol. The number of aliphatic hydroxyl groups excluding tert-OH is 2. The van der Waals surface area contributed by atoms with Crippen LogP contribution in [0.1, 0.15) is 70.1 Å². The van der Waals surface area contributed by atoms with Gasteiger partial charge in [-0.15, -0.1) is 0 Å². The Bertz CT molecular complexity index is 2780. The normalized spacial score (nSPS) is 22.8. The molecule has 5 rings (SSSR count). The first-order valence-corrected chi connectivity index (χ1v) is 27.5. The molecule has 1 aliphatic heterocycles. The minimum Gasteiger partial charge on any atom is -0.508 e. The van der Waals surface area contributed by atoms with E-state index >= 15 is 0 Å². The van der Waals surface area contributed by atoms with Crippen molar-refractivity contribution in [2.45, 2.75) is 132 Å². The third-order valence-electron chi connectivity index (χ3n) is 13.0. The van der Waals surface area contributed by atoms with E-state index in [4.69, 9.17) is 22.9 Å². The first-order chi connectivity index (χ1) is 36.9. The van der Waals surface area contributed by atoms with Crippen molar-refractivity contribution in [2.24, 2.45) is 27.9 Å². The van der Waals surface area contributed by atoms with Crippen LogP contribution >= 0.6 is 21.6 Å². The number of aromatic hydroxyl groups is 1. The van der Waals surface area contributed by atoms with Crippen molar-refractivity contribution >= 4 is 85.7 Å². The Morgan fingerprint density at radius 1 is 0.769 bits per heavy atom. The molecule has 422 valence electrons. The van der Waals surface area contributed by atoms with E-state index in [9.17, 15) is 53.7 Å². The van der Waals surface area contributed by atoms with E-state index < -0.39 is 118 Å². The molecule has 2 heterocycles. The van der Waals surface area contributed by atoms with Gasteiger partial charge >= 0.3 is 0 Å². The first kappa shape index (κ1) is 61.5. The van der Waals surface area contributed by atoms with Gasteiger partial charge in [-0.25, -0.2) is 0 Å². The van der Waals surface area contributed by atoms with Gasteiger partial charge in [-0.05, 0) is 75.4 Å². The van der Waals surface area contributed by atoms with Gasteiger partial charge in [0.15, 0.2) is 5.96 Å². The fourth-order valence-corrected chi connectivity index (χ4v) is 11.3. The number of hydrogen-bond acceptors (Lipinski definition) is 15. The van der Waals surface area contributed by atoms with Gasteiger partial charge in [0.25, 0.3) is 0 Å². The summed E-state index contributed by atoms with van der Waals surface area (Å²) in [7, 11) is 1.92. The molecule has 0 aliphatic carbocycles. The van der Waals surface area contributed by atoms with Gasteiger partial charge in [-0.2, -0.15) is 0 Å². The SMILES string of the molecule is C[C@H](c1ccccc1)[C@H](N)C(=O)N[C@H]1CSSC(C)(C)[C@@H](C(=O)N[C@H](C(N)=O)[C@@H](C)O)NC(=O)[C@@H]([C@@H](C)O)NC(=O)[C@H](CCCN=C(N)N)NC(=O)[C@@H](Cc2c[nH]c3ccccc23)NC(=O)[C@H](Cc2ccc(O)cc2)NC1=O. The quantitative estimate of drug-likeness (QED) is 0.0252. The number of aliphatic imine (C=N–C) groups is 1. The number of amides is 8. The fourth-order valence-electron chi connectivity index (χ4n) is 8.45. The maximum Gasteiger partial charge on any atom is 0.245 e. The molecule has 1 fully saturated rings.